The molecule has 0 saturated heterocycles. The van der Waals surface area contributed by atoms with E-state index in [0.29, 0.717) is 0 Å². The molecule has 0 aromatic carbocycles. The van der Waals surface area contributed by atoms with Crippen LogP contribution in [0, 0.1) is 10.1 Å². The summed E-state index contributed by atoms with van der Waals surface area (Å²) in [5.74, 6) is -0.745. The molecule has 0 atom stereocenters. The Bertz CT molecular complexity index is 96.7. The lowest BCUT2D eigenvalue weighted by atomic mass is 10.5. The molecule has 0 bridgehead atoms. The number of nitro groups is 1. The van der Waals surface area contributed by atoms with Gasteiger partial charge >= 0.3 is 5.97 Å². The second-order valence-corrected chi connectivity index (χ2v) is 1.19. The Hall–Kier alpha value is -1.13. The highest BCUT2D eigenvalue weighted by Crippen LogP contribution is 1.67. The third-order valence-corrected chi connectivity index (χ3v) is 0.302. The molecule has 5 nitrogen and oxygen atoms in total. The van der Waals surface area contributed by atoms with Crippen molar-refractivity contribution in [2.45, 2.75) is 13.3 Å². The van der Waals surface area contributed by atoms with Crippen molar-refractivity contribution in [3.8, 4) is 0 Å². The Balaban J connectivity index is 0. The van der Waals surface area contributed by atoms with Gasteiger partial charge in [-0.05, 0) is 0 Å². The summed E-state index contributed by atoms with van der Waals surface area (Å²) in [6.45, 7) is 1.60. The summed E-state index contributed by atoms with van der Waals surface area (Å²) < 4.78 is 0. The molecule has 0 aromatic heterocycles. The number of carbonyl (C=O) groups is 1. The lowest BCUT2D eigenvalue weighted by Gasteiger charge is -1.71. The topological polar surface area (TPSA) is 80.4 Å². The van der Waals surface area contributed by atoms with Crippen LogP contribution in [0.2, 0.25) is 0 Å². The molecule has 0 fully saturated rings. The van der Waals surface area contributed by atoms with E-state index in [-0.39, 0.29) is 6.42 Å². The van der Waals surface area contributed by atoms with E-state index in [4.69, 9.17) is 15.2 Å². The van der Waals surface area contributed by atoms with Gasteiger partial charge < -0.3 is 5.11 Å². The van der Waals surface area contributed by atoms with Crippen molar-refractivity contribution in [2.24, 2.45) is 0 Å². The maximum atomic E-state index is 9.37. The summed E-state index contributed by atoms with van der Waals surface area (Å²) in [5.41, 5.74) is 0. The molecule has 0 radical (unpaired) electrons. The number of nitrogens with zero attached hydrogens (tertiary/aromatic N) is 1. The number of hydrogen-bond donors (Lipinski definition) is 1. The van der Waals surface area contributed by atoms with Gasteiger partial charge in [-0.15, -0.1) is 0 Å². The van der Waals surface area contributed by atoms with E-state index < -0.39 is 10.9 Å². The van der Waals surface area contributed by atoms with Gasteiger partial charge in [-0.3, -0.25) is 14.9 Å². The number of carboxylic acids is 1. The average Bonchev–Trinajstić information content (AvgIpc) is 1.65. The Morgan fingerprint density at radius 3 is 1.89 bits per heavy atom. The van der Waals surface area contributed by atoms with Crippen LogP contribution in [0.1, 0.15) is 13.3 Å². The fourth-order valence-electron chi connectivity index (χ4n) is 0. The van der Waals surface area contributed by atoms with Crippen LogP contribution < -0.4 is 0 Å². The fraction of sp³-hybridized carbons (Fsp3) is 0.750. The SMILES string of the molecule is CCC(=O)O.C[N+](=O)[O-]. The maximum Gasteiger partial charge on any atom is 0.303 e. The quantitative estimate of drug-likeness (QED) is 0.416. The van der Waals surface area contributed by atoms with Gasteiger partial charge in [0.25, 0.3) is 0 Å². The molecule has 0 aromatic rings. The summed E-state index contributed by atoms with van der Waals surface area (Å²) in [4.78, 5) is 17.7. The number of hydrogen-bond acceptors (Lipinski definition) is 3. The van der Waals surface area contributed by atoms with Gasteiger partial charge in [0.1, 0.15) is 0 Å². The smallest absolute Gasteiger partial charge is 0.303 e. The molecule has 0 unspecified atom stereocenters. The summed E-state index contributed by atoms with van der Waals surface area (Å²) in [7, 11) is 0.889. The first kappa shape index (κ1) is 10.8. The first-order valence-electron chi connectivity index (χ1n) is 2.30. The van der Waals surface area contributed by atoms with Gasteiger partial charge in [0.15, 0.2) is 7.05 Å². The molecular weight excluding hydrogens is 126 g/mol. The van der Waals surface area contributed by atoms with Gasteiger partial charge in [-0.1, -0.05) is 6.92 Å². The molecule has 0 aliphatic rings. The molecule has 54 valence electrons. The van der Waals surface area contributed by atoms with Crippen molar-refractivity contribution in [2.75, 3.05) is 7.05 Å². The minimum atomic E-state index is -0.745. The van der Waals surface area contributed by atoms with Crippen molar-refractivity contribution in [1.82, 2.24) is 0 Å². The van der Waals surface area contributed by atoms with Crippen LogP contribution in [0.5, 0.6) is 0 Å². The van der Waals surface area contributed by atoms with Crippen LogP contribution in [-0.2, 0) is 4.79 Å². The van der Waals surface area contributed by atoms with Crippen LogP contribution in [-0.4, -0.2) is 23.0 Å². The number of carboxylic acid groups (broad SMARTS) is 1. The van der Waals surface area contributed by atoms with E-state index in [1.807, 2.05) is 0 Å². The van der Waals surface area contributed by atoms with E-state index in [2.05, 4.69) is 0 Å². The molecule has 0 saturated carbocycles. The zero-order valence-corrected chi connectivity index (χ0v) is 5.33. The third kappa shape index (κ3) is 215. The van der Waals surface area contributed by atoms with Crippen LogP contribution in [0.25, 0.3) is 0 Å². The van der Waals surface area contributed by atoms with E-state index in [0.717, 1.165) is 7.05 Å². The van der Waals surface area contributed by atoms with Crippen LogP contribution in [0.3, 0.4) is 0 Å². The lowest BCUT2D eigenvalue weighted by Crippen LogP contribution is -1.86. The molecule has 0 spiro atoms. The highest BCUT2D eigenvalue weighted by molar-refractivity contribution is 5.66. The fourth-order valence-corrected chi connectivity index (χ4v) is 0. The van der Waals surface area contributed by atoms with Crippen LogP contribution >= 0.6 is 0 Å². The highest BCUT2D eigenvalue weighted by Gasteiger charge is 1.80. The Labute approximate surface area is 52.4 Å². The minimum absolute atomic E-state index is 0.222. The summed E-state index contributed by atoms with van der Waals surface area (Å²) >= 11 is 0. The molecule has 0 amide bonds. The van der Waals surface area contributed by atoms with Crippen molar-refractivity contribution in [3.63, 3.8) is 0 Å². The second-order valence-electron chi connectivity index (χ2n) is 1.19. The van der Waals surface area contributed by atoms with Crippen LogP contribution in [0.4, 0.5) is 0 Å². The van der Waals surface area contributed by atoms with Gasteiger partial charge in [0, 0.05) is 11.3 Å². The molecule has 0 aliphatic carbocycles. The summed E-state index contributed by atoms with van der Waals surface area (Å²) in [6, 6.07) is 0. The van der Waals surface area contributed by atoms with E-state index in [1.54, 1.807) is 6.92 Å². The molecular formula is C4H9NO4. The van der Waals surface area contributed by atoms with Gasteiger partial charge in [0.05, 0.1) is 0 Å². The van der Waals surface area contributed by atoms with Gasteiger partial charge in [-0.25, -0.2) is 0 Å². The molecule has 0 rings (SSSR count). The Kier molecular flexibility index (Phi) is 8.23. The Morgan fingerprint density at radius 2 is 1.89 bits per heavy atom. The van der Waals surface area contributed by atoms with Crippen LogP contribution in [0.15, 0.2) is 0 Å². The van der Waals surface area contributed by atoms with Crippen molar-refractivity contribution >= 4 is 5.97 Å². The normalized spacial score (nSPS) is 6.89. The lowest BCUT2D eigenvalue weighted by molar-refractivity contribution is -0.445. The van der Waals surface area contributed by atoms with E-state index >= 15 is 0 Å². The molecule has 5 heteroatoms. The van der Waals surface area contributed by atoms with Crippen molar-refractivity contribution in [1.29, 1.82) is 0 Å². The van der Waals surface area contributed by atoms with Crippen molar-refractivity contribution < 1.29 is 14.8 Å². The van der Waals surface area contributed by atoms with E-state index in [1.165, 1.54) is 0 Å². The standard InChI is InChI=1S/C3H6O2.CH3NO2/c1-2-3(4)5;1-2(3)4/h2H2,1H3,(H,4,5);1H3. The molecule has 1 N–H and O–H groups in total. The van der Waals surface area contributed by atoms with E-state index in [9.17, 15) is 4.79 Å². The highest BCUT2D eigenvalue weighted by atomic mass is 16.6. The first-order chi connectivity index (χ1) is 4.00. The second kappa shape index (κ2) is 6.87. The van der Waals surface area contributed by atoms with Gasteiger partial charge in [0.2, 0.25) is 0 Å². The largest absolute Gasteiger partial charge is 0.481 e. The number of aliphatic carboxylic acids is 1. The minimum Gasteiger partial charge on any atom is -0.481 e. The zero-order chi connectivity index (χ0) is 7.86. The molecule has 9 heavy (non-hydrogen) atoms. The number of rotatable bonds is 1. The van der Waals surface area contributed by atoms with Crippen molar-refractivity contribution in [3.05, 3.63) is 10.1 Å². The maximum absolute atomic E-state index is 9.37. The Morgan fingerprint density at radius 1 is 1.78 bits per heavy atom. The molecule has 0 aliphatic heterocycles. The summed E-state index contributed by atoms with van der Waals surface area (Å²) in [5, 5.41) is 16.5. The predicted octanol–water partition coefficient (Wildman–Crippen LogP) is 0.374. The first-order valence-corrected chi connectivity index (χ1v) is 2.30. The van der Waals surface area contributed by atoms with Gasteiger partial charge in [-0.2, -0.15) is 0 Å². The predicted molar refractivity (Wildman–Crippen MR) is 30.8 cm³/mol. The average molecular weight is 135 g/mol. The molecule has 0 heterocycles. The summed E-state index contributed by atoms with van der Waals surface area (Å²) in [6.07, 6.45) is 0.222. The third-order valence-electron chi connectivity index (χ3n) is 0.302. The zero-order valence-electron chi connectivity index (χ0n) is 5.33. The monoisotopic (exact) mass is 135 g/mol.